The minimum Gasteiger partial charge on any atom is -0.324 e. The molecule has 0 atom stereocenters. The van der Waals surface area contributed by atoms with E-state index in [9.17, 15) is 9.59 Å². The van der Waals surface area contributed by atoms with Crippen molar-refractivity contribution in [2.24, 2.45) is 0 Å². The number of aryl methyl sites for hydroxylation is 1. The van der Waals surface area contributed by atoms with Crippen LogP contribution in [0.4, 0.5) is 5.69 Å². The number of rotatable bonds is 5. The van der Waals surface area contributed by atoms with Crippen LogP contribution in [0, 0.1) is 0 Å². The molecule has 5 rings (SSSR count). The molecule has 3 aromatic carbocycles. The third-order valence-corrected chi connectivity index (χ3v) is 7.35. The number of carbonyl (C=O) groups is 1. The Balaban J connectivity index is 1.52. The molecule has 0 aliphatic heterocycles. The minimum absolute atomic E-state index is 0.109. The fraction of sp³-hybridized carbons (Fsp3) is 0.115. The maximum absolute atomic E-state index is 13.5. The fourth-order valence-corrected chi connectivity index (χ4v) is 5.39. The summed E-state index contributed by atoms with van der Waals surface area (Å²) in [5, 5.41) is 5.52. The number of nitrogens with zero attached hydrogens (tertiary/aromatic N) is 2. The van der Waals surface area contributed by atoms with Gasteiger partial charge in [0.1, 0.15) is 11.4 Å². The van der Waals surface area contributed by atoms with Crippen LogP contribution < -0.4 is 10.9 Å². The normalized spacial score (nSPS) is 11.2. The molecule has 5 nitrogen and oxygen atoms in total. The second-order valence-electron chi connectivity index (χ2n) is 7.69. The first-order valence-corrected chi connectivity index (χ1v) is 12.2. The quantitative estimate of drug-likeness (QED) is 0.300. The first-order valence-electron chi connectivity index (χ1n) is 10.6. The van der Waals surface area contributed by atoms with Crippen LogP contribution in [0.15, 0.2) is 82.3 Å². The molecule has 0 spiro atoms. The monoisotopic (exact) mass is 517 g/mol. The van der Waals surface area contributed by atoms with Crippen LogP contribution in [0.1, 0.15) is 11.8 Å². The van der Waals surface area contributed by atoms with Crippen molar-refractivity contribution in [2.75, 3.05) is 5.32 Å². The van der Waals surface area contributed by atoms with Gasteiger partial charge >= 0.3 is 0 Å². The van der Waals surface area contributed by atoms with Crippen LogP contribution in [0.2, 0.25) is 0 Å². The van der Waals surface area contributed by atoms with Crippen molar-refractivity contribution < 1.29 is 4.79 Å². The largest absolute Gasteiger partial charge is 0.324 e. The van der Waals surface area contributed by atoms with E-state index in [1.165, 1.54) is 22.2 Å². The number of nitrogens with one attached hydrogen (secondary N) is 1. The van der Waals surface area contributed by atoms with Crippen LogP contribution in [0.5, 0.6) is 0 Å². The summed E-state index contributed by atoms with van der Waals surface area (Å²) in [5.74, 6) is -0.272. The van der Waals surface area contributed by atoms with E-state index in [0.717, 1.165) is 43.4 Å². The lowest BCUT2D eigenvalue weighted by molar-refractivity contribution is -0.116. The standard InChI is InChI=1S/C26H20BrN3O2S/c1-2-21-23(17-10-12-18(27)13-11-17)24-25(33-21)28-15-30(26(24)32)14-22(31)29-20-9-5-7-16-6-3-4-8-19(16)20/h3-13,15H,2,14H2,1H3,(H,29,31). The third kappa shape index (κ3) is 4.10. The summed E-state index contributed by atoms with van der Waals surface area (Å²) in [6.07, 6.45) is 2.27. The maximum Gasteiger partial charge on any atom is 0.263 e. The molecule has 0 bridgehead atoms. The van der Waals surface area contributed by atoms with Crippen LogP contribution in [0.25, 0.3) is 32.1 Å². The number of amides is 1. The van der Waals surface area contributed by atoms with Crippen LogP contribution in [-0.4, -0.2) is 15.5 Å². The summed E-state index contributed by atoms with van der Waals surface area (Å²) in [4.78, 5) is 32.6. The Hall–Kier alpha value is -3.29. The summed E-state index contributed by atoms with van der Waals surface area (Å²) in [7, 11) is 0. The average molecular weight is 518 g/mol. The van der Waals surface area contributed by atoms with Gasteiger partial charge in [-0.3, -0.25) is 14.2 Å². The number of benzene rings is 3. The minimum atomic E-state index is -0.272. The predicted octanol–water partition coefficient (Wildman–Crippen LogP) is 6.24. The van der Waals surface area contributed by atoms with Crippen molar-refractivity contribution in [1.29, 1.82) is 0 Å². The highest BCUT2D eigenvalue weighted by Gasteiger charge is 2.19. The zero-order chi connectivity index (χ0) is 22.9. The Morgan fingerprint density at radius 2 is 1.82 bits per heavy atom. The number of aromatic nitrogens is 2. The van der Waals surface area contributed by atoms with Crippen molar-refractivity contribution in [2.45, 2.75) is 19.9 Å². The van der Waals surface area contributed by atoms with Crippen molar-refractivity contribution in [1.82, 2.24) is 9.55 Å². The Labute approximate surface area is 202 Å². The molecule has 2 heterocycles. The van der Waals surface area contributed by atoms with Gasteiger partial charge in [-0.15, -0.1) is 11.3 Å². The van der Waals surface area contributed by atoms with Crippen LogP contribution in [-0.2, 0) is 17.8 Å². The molecular weight excluding hydrogens is 498 g/mol. The van der Waals surface area contributed by atoms with E-state index in [1.807, 2.05) is 66.7 Å². The van der Waals surface area contributed by atoms with E-state index in [4.69, 9.17) is 0 Å². The lowest BCUT2D eigenvalue weighted by Gasteiger charge is -2.10. The van der Waals surface area contributed by atoms with E-state index in [0.29, 0.717) is 10.2 Å². The molecule has 1 amide bonds. The van der Waals surface area contributed by atoms with Gasteiger partial charge in [-0.25, -0.2) is 4.98 Å². The number of fused-ring (bicyclic) bond motifs is 2. The molecule has 0 saturated carbocycles. The number of halogens is 1. The number of hydrogen-bond donors (Lipinski definition) is 1. The van der Waals surface area contributed by atoms with Gasteiger partial charge in [-0.05, 0) is 35.6 Å². The first kappa shape index (κ1) is 21.6. The molecule has 0 aliphatic carbocycles. The number of anilines is 1. The third-order valence-electron chi connectivity index (χ3n) is 5.58. The molecule has 0 fully saturated rings. The fourth-order valence-electron chi connectivity index (χ4n) is 4.03. The summed E-state index contributed by atoms with van der Waals surface area (Å²) >= 11 is 5.00. The van der Waals surface area contributed by atoms with Gasteiger partial charge in [0.15, 0.2) is 0 Å². The van der Waals surface area contributed by atoms with Gasteiger partial charge in [-0.2, -0.15) is 0 Å². The van der Waals surface area contributed by atoms with E-state index >= 15 is 0 Å². The van der Waals surface area contributed by atoms with Crippen molar-refractivity contribution >= 4 is 59.9 Å². The van der Waals surface area contributed by atoms with Crippen LogP contribution >= 0.6 is 27.3 Å². The molecule has 0 unspecified atom stereocenters. The molecule has 0 radical (unpaired) electrons. The second kappa shape index (κ2) is 8.92. The van der Waals surface area contributed by atoms with Gasteiger partial charge in [0.25, 0.3) is 5.56 Å². The highest BCUT2D eigenvalue weighted by molar-refractivity contribution is 9.10. The van der Waals surface area contributed by atoms with Gasteiger partial charge in [0, 0.05) is 26.0 Å². The first-order chi connectivity index (χ1) is 16.0. The molecule has 0 saturated heterocycles. The maximum atomic E-state index is 13.5. The van der Waals surface area contributed by atoms with Crippen molar-refractivity contribution in [3.05, 3.63) is 92.8 Å². The van der Waals surface area contributed by atoms with Gasteiger partial charge in [-0.1, -0.05) is 71.4 Å². The highest BCUT2D eigenvalue weighted by atomic mass is 79.9. The number of hydrogen-bond acceptors (Lipinski definition) is 4. The predicted molar refractivity (Wildman–Crippen MR) is 139 cm³/mol. The van der Waals surface area contributed by atoms with Gasteiger partial charge < -0.3 is 5.32 Å². The van der Waals surface area contributed by atoms with Crippen molar-refractivity contribution in [3.63, 3.8) is 0 Å². The molecule has 1 N–H and O–H groups in total. The smallest absolute Gasteiger partial charge is 0.263 e. The lowest BCUT2D eigenvalue weighted by Crippen LogP contribution is -2.27. The highest BCUT2D eigenvalue weighted by Crippen LogP contribution is 2.36. The van der Waals surface area contributed by atoms with Crippen molar-refractivity contribution in [3.8, 4) is 11.1 Å². The zero-order valence-corrected chi connectivity index (χ0v) is 20.2. The average Bonchev–Trinajstić information content (AvgIpc) is 3.21. The summed E-state index contributed by atoms with van der Waals surface area (Å²) in [6.45, 7) is 1.96. The topological polar surface area (TPSA) is 64.0 Å². The van der Waals surface area contributed by atoms with Gasteiger partial charge in [0.05, 0.1) is 11.7 Å². The Kier molecular flexibility index (Phi) is 5.83. The summed E-state index contributed by atoms with van der Waals surface area (Å²) in [6, 6.07) is 21.5. The van der Waals surface area contributed by atoms with E-state index in [-0.39, 0.29) is 18.0 Å². The number of carbonyl (C=O) groups excluding carboxylic acids is 1. The zero-order valence-electron chi connectivity index (χ0n) is 17.8. The molecule has 0 aliphatic rings. The van der Waals surface area contributed by atoms with Crippen LogP contribution in [0.3, 0.4) is 0 Å². The second-order valence-corrected chi connectivity index (χ2v) is 9.69. The summed E-state index contributed by atoms with van der Waals surface area (Å²) < 4.78 is 2.36. The Morgan fingerprint density at radius 1 is 1.06 bits per heavy atom. The molecule has 5 aromatic rings. The van der Waals surface area contributed by atoms with E-state index in [1.54, 1.807) is 0 Å². The molecular formula is C26H20BrN3O2S. The lowest BCUT2D eigenvalue weighted by atomic mass is 10.0. The number of thiophene rings is 1. The Bertz CT molecular complexity index is 1550. The molecule has 33 heavy (non-hydrogen) atoms. The van der Waals surface area contributed by atoms with E-state index < -0.39 is 0 Å². The molecule has 164 valence electrons. The molecule has 2 aromatic heterocycles. The summed E-state index contributed by atoms with van der Waals surface area (Å²) in [5.41, 5.74) is 2.39. The van der Waals surface area contributed by atoms with E-state index in [2.05, 4.69) is 33.2 Å². The van der Waals surface area contributed by atoms with Gasteiger partial charge in [0.2, 0.25) is 5.91 Å². The Morgan fingerprint density at radius 3 is 2.61 bits per heavy atom. The molecule has 7 heteroatoms. The SMILES string of the molecule is CCc1sc2ncn(CC(=O)Nc3cccc4ccccc34)c(=O)c2c1-c1ccc(Br)cc1.